The molecule has 0 bridgehead atoms. The Hall–Kier alpha value is -1.59. The molecule has 0 radical (unpaired) electrons. The van der Waals surface area contributed by atoms with Crippen LogP contribution in [0.3, 0.4) is 0 Å². The van der Waals surface area contributed by atoms with Crippen LogP contribution in [0.1, 0.15) is 128 Å². The zero-order chi connectivity index (χ0) is 32.2. The van der Waals surface area contributed by atoms with Crippen molar-refractivity contribution in [2.75, 3.05) is 19.8 Å². The molecule has 256 valence electrons. The van der Waals surface area contributed by atoms with Crippen LogP contribution in [0, 0.1) is 6.92 Å². The Balaban J connectivity index is 1.14. The van der Waals surface area contributed by atoms with E-state index in [2.05, 4.69) is 6.92 Å². The lowest BCUT2D eigenvalue weighted by atomic mass is 10.0. The molecule has 2 heterocycles. The number of hydrogen-bond acceptors (Lipinski definition) is 9. The fourth-order valence-corrected chi connectivity index (χ4v) is 7.64. The lowest BCUT2D eigenvalue weighted by Gasteiger charge is -2.24. The predicted molar refractivity (Wildman–Crippen MR) is 181 cm³/mol. The fourth-order valence-electron chi connectivity index (χ4n) is 5.55. The maximum Gasteiger partial charge on any atom is 0.305 e. The summed E-state index contributed by atoms with van der Waals surface area (Å²) in [6.45, 7) is 5.27. The Kier molecular flexibility index (Phi) is 18.6. The molecule has 0 spiro atoms. The topological polar surface area (TPSA) is 91.4 Å². The molecular weight excluding hydrogens is 611 g/mol. The molecule has 0 saturated carbocycles. The van der Waals surface area contributed by atoms with Crippen LogP contribution in [0.2, 0.25) is 0 Å². The van der Waals surface area contributed by atoms with Crippen LogP contribution in [0.15, 0.2) is 40.8 Å². The smallest absolute Gasteiger partial charge is 0.305 e. The third-order valence-corrected chi connectivity index (χ3v) is 10.6. The first kappa shape index (κ1) is 37.9. The third-order valence-electron chi connectivity index (χ3n) is 8.32. The first-order valence-corrected chi connectivity index (χ1v) is 19.7. The Morgan fingerprint density at radius 3 is 2.11 bits per heavy atom. The minimum absolute atomic E-state index is 0.124. The van der Waals surface area contributed by atoms with E-state index in [9.17, 15) is 13.2 Å². The Bertz CT molecular complexity index is 1080. The highest BCUT2D eigenvalue weighted by Crippen LogP contribution is 2.30. The molecule has 1 aromatic rings. The van der Waals surface area contributed by atoms with E-state index in [1.165, 1.54) is 102 Å². The van der Waals surface area contributed by atoms with Crippen LogP contribution in [0.25, 0.3) is 0 Å². The van der Waals surface area contributed by atoms with Gasteiger partial charge in [0.15, 0.2) is 6.29 Å². The van der Waals surface area contributed by atoms with Gasteiger partial charge in [0.05, 0.1) is 11.5 Å². The number of carbonyl (C=O) groups is 1. The predicted octanol–water partition coefficient (Wildman–Crippen LogP) is 8.83. The molecule has 2 aliphatic rings. The summed E-state index contributed by atoms with van der Waals surface area (Å²) in [6, 6.07) is 6.56. The monoisotopic (exact) mass is 667 g/mol. The van der Waals surface area contributed by atoms with Crippen molar-refractivity contribution in [3.8, 4) is 0 Å². The van der Waals surface area contributed by atoms with Gasteiger partial charge in [-0.05, 0) is 43.7 Å². The Morgan fingerprint density at radius 2 is 1.49 bits per heavy atom. The summed E-state index contributed by atoms with van der Waals surface area (Å²) >= 11 is 1.27. The summed E-state index contributed by atoms with van der Waals surface area (Å²) in [7, 11) is -3.90. The highest BCUT2D eigenvalue weighted by atomic mass is 32.2. The first-order chi connectivity index (χ1) is 21.9. The molecular formula is C35H57NO7S2. The number of esters is 1. The summed E-state index contributed by atoms with van der Waals surface area (Å²) in [5.74, 6) is -0.301. The molecule has 0 aromatic heterocycles. The molecule has 0 N–H and O–H groups in total. The van der Waals surface area contributed by atoms with Gasteiger partial charge in [0.1, 0.15) is 12.7 Å². The van der Waals surface area contributed by atoms with Crippen molar-refractivity contribution in [1.29, 1.82) is 0 Å². The van der Waals surface area contributed by atoms with Gasteiger partial charge >= 0.3 is 5.97 Å². The van der Waals surface area contributed by atoms with E-state index in [0.29, 0.717) is 19.6 Å². The molecule has 8 nitrogen and oxygen atoms in total. The zero-order valence-electron chi connectivity index (χ0n) is 27.7. The maximum absolute atomic E-state index is 12.7. The number of nitrogens with zero attached hydrogens (tertiary/aromatic N) is 1. The Morgan fingerprint density at radius 1 is 0.889 bits per heavy atom. The summed E-state index contributed by atoms with van der Waals surface area (Å²) < 4.78 is 47.9. The van der Waals surface area contributed by atoms with E-state index >= 15 is 0 Å². The van der Waals surface area contributed by atoms with Crippen LogP contribution < -0.4 is 0 Å². The highest BCUT2D eigenvalue weighted by molar-refractivity contribution is 8.03. The van der Waals surface area contributed by atoms with Crippen molar-refractivity contribution < 1.29 is 31.6 Å². The van der Waals surface area contributed by atoms with E-state index in [1.807, 2.05) is 6.92 Å². The molecule has 3 rings (SSSR count). The van der Waals surface area contributed by atoms with Gasteiger partial charge in [-0.15, -0.1) is 0 Å². The van der Waals surface area contributed by atoms with Gasteiger partial charge in [0.2, 0.25) is 5.56 Å². The van der Waals surface area contributed by atoms with Gasteiger partial charge in [0, 0.05) is 19.2 Å². The van der Waals surface area contributed by atoms with Gasteiger partial charge < -0.3 is 19.1 Å². The second-order valence-electron chi connectivity index (χ2n) is 12.4. The average molecular weight is 668 g/mol. The quantitative estimate of drug-likeness (QED) is 0.0576. The number of carbonyl (C=O) groups excluding carboxylic acids is 1. The second-order valence-corrected chi connectivity index (χ2v) is 14.9. The summed E-state index contributed by atoms with van der Waals surface area (Å²) in [6.07, 6.45) is 23.2. The van der Waals surface area contributed by atoms with Crippen LogP contribution in [0.5, 0.6) is 0 Å². The Labute approximate surface area is 277 Å². The lowest BCUT2D eigenvalue weighted by Crippen LogP contribution is -2.31. The van der Waals surface area contributed by atoms with Gasteiger partial charge in [-0.2, -0.15) is 8.42 Å². The van der Waals surface area contributed by atoms with Crippen LogP contribution in [0.4, 0.5) is 0 Å². The highest BCUT2D eigenvalue weighted by Gasteiger charge is 2.29. The molecule has 1 saturated heterocycles. The van der Waals surface area contributed by atoms with Gasteiger partial charge in [-0.25, -0.2) is 4.18 Å². The van der Waals surface area contributed by atoms with E-state index < -0.39 is 15.7 Å². The molecule has 1 aromatic carbocycles. The van der Waals surface area contributed by atoms with Crippen LogP contribution >= 0.6 is 11.8 Å². The van der Waals surface area contributed by atoms with Gasteiger partial charge in [-0.1, -0.05) is 126 Å². The first-order valence-electron chi connectivity index (χ1n) is 17.4. The van der Waals surface area contributed by atoms with Crippen molar-refractivity contribution in [3.63, 3.8) is 0 Å². The zero-order valence-corrected chi connectivity index (χ0v) is 29.3. The number of hydrogen-bond donors (Lipinski definition) is 0. The normalized spacial score (nSPS) is 19.9. The number of rotatable bonds is 25. The van der Waals surface area contributed by atoms with Crippen molar-refractivity contribution >= 4 is 27.8 Å². The largest absolute Gasteiger partial charge is 0.463 e. The van der Waals surface area contributed by atoms with Gasteiger partial charge in [-0.3, -0.25) is 4.79 Å². The molecule has 1 fully saturated rings. The second kappa shape index (κ2) is 22.1. The molecule has 2 aliphatic heterocycles. The number of thioether (sulfide) groups is 1. The van der Waals surface area contributed by atoms with Crippen LogP contribution in [-0.2, 0) is 33.3 Å². The summed E-state index contributed by atoms with van der Waals surface area (Å²) in [5.41, 5.74) is 0.277. The van der Waals surface area contributed by atoms with Crippen molar-refractivity contribution in [2.24, 2.45) is 0 Å². The van der Waals surface area contributed by atoms with E-state index in [-0.39, 0.29) is 36.3 Å². The number of benzene rings is 1. The van der Waals surface area contributed by atoms with Crippen molar-refractivity contribution in [3.05, 3.63) is 41.4 Å². The summed E-state index contributed by atoms with van der Waals surface area (Å²) in [4.78, 5) is 14.2. The molecule has 0 amide bonds. The lowest BCUT2D eigenvalue weighted by molar-refractivity contribution is -0.148. The average Bonchev–Trinajstić information content (AvgIpc) is 3.67. The number of aryl methyl sites for hydroxylation is 1. The molecule has 3 atom stereocenters. The van der Waals surface area contributed by atoms with Crippen molar-refractivity contribution in [2.45, 2.75) is 152 Å². The van der Waals surface area contributed by atoms with Crippen LogP contribution in [-0.4, -0.2) is 57.0 Å². The minimum Gasteiger partial charge on any atom is -0.463 e. The van der Waals surface area contributed by atoms with E-state index in [1.54, 1.807) is 40.8 Å². The maximum atomic E-state index is 12.7. The summed E-state index contributed by atoms with van der Waals surface area (Å²) in [5, 5.41) is 1.79. The molecule has 10 heteroatoms. The molecule has 45 heavy (non-hydrogen) atoms. The fraction of sp³-hybridized carbons (Fsp3) is 0.743. The third kappa shape index (κ3) is 15.7. The molecule has 0 aliphatic carbocycles. The number of unbranched alkanes of at least 4 members (excludes halogenated alkanes) is 14. The minimum atomic E-state index is -3.90. The number of ether oxygens (including phenoxy) is 3. The van der Waals surface area contributed by atoms with Gasteiger partial charge in [0.25, 0.3) is 10.1 Å². The van der Waals surface area contributed by atoms with E-state index in [4.69, 9.17) is 18.4 Å². The van der Waals surface area contributed by atoms with Crippen molar-refractivity contribution in [1.82, 2.24) is 4.90 Å². The standard InChI is InChI=1S/C35H57NO7S2/c1-3-4-5-6-7-8-9-10-11-12-13-14-15-16-17-20-34-41-29-31(42-34)28-40-33(37)19-18-25-36-26-27-44-35(36)43-45(38,39)32-23-21-30(2)22-24-32/h21-24,26-27,31,34-35H,3-20,25,28-29H2,1-2H3. The molecule has 3 unspecified atom stereocenters. The van der Waals surface area contributed by atoms with E-state index in [0.717, 1.165) is 18.4 Å². The SMILES string of the molecule is CCCCCCCCCCCCCCCCCC1OCC(COC(=O)CCCN2C=CSC2OS(=O)(=O)c2ccc(C)cc2)O1.